The molecule has 2 aromatic heterocycles. The van der Waals surface area contributed by atoms with Crippen LogP contribution in [0, 0.1) is 0 Å². The van der Waals surface area contributed by atoms with Gasteiger partial charge in [0.2, 0.25) is 0 Å². The van der Waals surface area contributed by atoms with Crippen LogP contribution in [-0.2, 0) is 0 Å². The van der Waals surface area contributed by atoms with Crippen molar-refractivity contribution in [2.24, 2.45) is 0 Å². The van der Waals surface area contributed by atoms with Crippen LogP contribution >= 0.6 is 11.6 Å². The zero-order valence-electron chi connectivity index (χ0n) is 8.16. The van der Waals surface area contributed by atoms with E-state index in [4.69, 9.17) is 16.0 Å². The van der Waals surface area contributed by atoms with Gasteiger partial charge in [0.25, 0.3) is 0 Å². The molecule has 4 heteroatoms. The Morgan fingerprint density at radius 1 is 1.47 bits per heavy atom. The van der Waals surface area contributed by atoms with Crippen LogP contribution in [0.25, 0.3) is 11.1 Å². The van der Waals surface area contributed by atoms with E-state index >= 15 is 0 Å². The Morgan fingerprint density at radius 3 is 3.20 bits per heavy atom. The van der Waals surface area contributed by atoms with Gasteiger partial charge in [0.1, 0.15) is 11.3 Å². The van der Waals surface area contributed by atoms with Crippen LogP contribution in [0.3, 0.4) is 0 Å². The third kappa shape index (κ3) is 1.62. The first-order valence-corrected chi connectivity index (χ1v) is 5.49. The Morgan fingerprint density at radius 2 is 2.40 bits per heavy atom. The quantitative estimate of drug-likeness (QED) is 0.806. The maximum Gasteiger partial charge on any atom is 0.154 e. The number of halogens is 1. The molecule has 1 atom stereocenters. The fourth-order valence-corrected chi connectivity index (χ4v) is 2.16. The molecule has 15 heavy (non-hydrogen) atoms. The number of pyridine rings is 1. The summed E-state index contributed by atoms with van der Waals surface area (Å²) in [5.74, 6) is 0.970. The zero-order valence-corrected chi connectivity index (χ0v) is 8.92. The van der Waals surface area contributed by atoms with Crippen molar-refractivity contribution >= 4 is 22.7 Å². The lowest BCUT2D eigenvalue weighted by molar-refractivity contribution is 0.471. The highest BCUT2D eigenvalue weighted by Gasteiger charge is 2.20. The number of hydrogen-bond donors (Lipinski definition) is 1. The van der Waals surface area contributed by atoms with Crippen molar-refractivity contribution in [3.63, 3.8) is 0 Å². The number of aromatic nitrogens is 1. The zero-order chi connectivity index (χ0) is 10.3. The highest BCUT2D eigenvalue weighted by molar-refractivity contribution is 6.30. The fourth-order valence-electron chi connectivity index (χ4n) is 2.01. The summed E-state index contributed by atoms with van der Waals surface area (Å²) in [4.78, 5) is 4.22. The van der Waals surface area contributed by atoms with E-state index in [2.05, 4.69) is 10.3 Å². The van der Waals surface area contributed by atoms with Gasteiger partial charge < -0.3 is 9.73 Å². The summed E-state index contributed by atoms with van der Waals surface area (Å²) in [7, 11) is 0. The lowest BCUT2D eigenvalue weighted by Crippen LogP contribution is -2.11. The summed E-state index contributed by atoms with van der Waals surface area (Å²) in [6.45, 7) is 1.07. The normalized spacial score (nSPS) is 21.3. The lowest BCUT2D eigenvalue weighted by Gasteiger charge is -2.04. The fraction of sp³-hybridized carbons (Fsp3) is 0.364. The first-order chi connectivity index (χ1) is 7.33. The highest BCUT2D eigenvalue weighted by Crippen LogP contribution is 2.28. The van der Waals surface area contributed by atoms with Crippen LogP contribution in [0.15, 0.2) is 22.7 Å². The third-order valence-electron chi connectivity index (χ3n) is 2.76. The van der Waals surface area contributed by atoms with E-state index < -0.39 is 0 Å². The minimum Gasteiger partial charge on any atom is -0.458 e. The van der Waals surface area contributed by atoms with Gasteiger partial charge in [-0.15, -0.1) is 0 Å². The molecule has 2 aromatic rings. The third-order valence-corrected chi connectivity index (χ3v) is 2.97. The molecule has 0 radical (unpaired) electrons. The second kappa shape index (κ2) is 3.51. The molecule has 1 saturated heterocycles. The van der Waals surface area contributed by atoms with Gasteiger partial charge in [0.05, 0.1) is 11.1 Å². The summed E-state index contributed by atoms with van der Waals surface area (Å²) in [6, 6.07) is 4.15. The van der Waals surface area contributed by atoms with Gasteiger partial charge in [-0.2, -0.15) is 0 Å². The Hall–Kier alpha value is -1.06. The molecule has 0 saturated carbocycles. The van der Waals surface area contributed by atoms with Gasteiger partial charge in [-0.3, -0.25) is 4.98 Å². The minimum atomic E-state index is 0.345. The number of hydrogen-bond acceptors (Lipinski definition) is 3. The van der Waals surface area contributed by atoms with Crippen molar-refractivity contribution < 1.29 is 4.42 Å². The predicted molar refractivity (Wildman–Crippen MR) is 59.0 cm³/mol. The Balaban J connectivity index is 2.05. The molecule has 1 fully saturated rings. The van der Waals surface area contributed by atoms with E-state index in [1.807, 2.05) is 12.1 Å². The van der Waals surface area contributed by atoms with Crippen LogP contribution in [0.5, 0.6) is 0 Å². The Kier molecular flexibility index (Phi) is 2.15. The molecule has 1 N–H and O–H groups in total. The summed E-state index contributed by atoms with van der Waals surface area (Å²) < 4.78 is 5.72. The van der Waals surface area contributed by atoms with Crippen LogP contribution < -0.4 is 5.32 Å². The van der Waals surface area contributed by atoms with Gasteiger partial charge in [0, 0.05) is 18.3 Å². The Labute approximate surface area is 92.4 Å². The first kappa shape index (κ1) is 9.19. The number of rotatable bonds is 1. The van der Waals surface area contributed by atoms with E-state index in [1.54, 1.807) is 6.20 Å². The summed E-state index contributed by atoms with van der Waals surface area (Å²) in [6.07, 6.45) is 3.98. The molecule has 3 heterocycles. The van der Waals surface area contributed by atoms with Crippen LogP contribution in [-0.4, -0.2) is 11.5 Å². The van der Waals surface area contributed by atoms with Gasteiger partial charge in [-0.1, -0.05) is 11.6 Å². The SMILES string of the molecule is Clc1cnc2cc([C@@H]3CCCN3)oc2c1. The van der Waals surface area contributed by atoms with Crippen molar-refractivity contribution in [3.8, 4) is 0 Å². The number of fused-ring (bicyclic) bond motifs is 1. The summed E-state index contributed by atoms with van der Waals surface area (Å²) in [5.41, 5.74) is 1.65. The number of furan rings is 1. The second-order valence-electron chi connectivity index (χ2n) is 3.83. The number of nitrogens with zero attached hydrogens (tertiary/aromatic N) is 1. The molecule has 1 aliphatic rings. The van der Waals surface area contributed by atoms with E-state index in [9.17, 15) is 0 Å². The molecule has 0 amide bonds. The van der Waals surface area contributed by atoms with Gasteiger partial charge >= 0.3 is 0 Å². The molecule has 3 rings (SSSR count). The van der Waals surface area contributed by atoms with Gasteiger partial charge in [-0.05, 0) is 19.4 Å². The van der Waals surface area contributed by atoms with Crippen molar-refractivity contribution in [2.75, 3.05) is 6.54 Å². The molecule has 1 aliphatic heterocycles. The number of nitrogens with one attached hydrogen (secondary N) is 1. The van der Waals surface area contributed by atoms with Crippen molar-refractivity contribution in [1.82, 2.24) is 10.3 Å². The van der Waals surface area contributed by atoms with Crippen molar-refractivity contribution in [3.05, 3.63) is 29.1 Å². The predicted octanol–water partition coefficient (Wildman–Crippen LogP) is 2.91. The minimum absolute atomic E-state index is 0.345. The topological polar surface area (TPSA) is 38.1 Å². The van der Waals surface area contributed by atoms with E-state index in [0.29, 0.717) is 11.1 Å². The summed E-state index contributed by atoms with van der Waals surface area (Å²) in [5, 5.41) is 4.01. The van der Waals surface area contributed by atoms with Crippen LogP contribution in [0.1, 0.15) is 24.6 Å². The highest BCUT2D eigenvalue weighted by atomic mass is 35.5. The van der Waals surface area contributed by atoms with Crippen LogP contribution in [0.2, 0.25) is 5.02 Å². The second-order valence-corrected chi connectivity index (χ2v) is 4.27. The van der Waals surface area contributed by atoms with Gasteiger partial charge in [-0.25, -0.2) is 0 Å². The van der Waals surface area contributed by atoms with Crippen molar-refractivity contribution in [1.29, 1.82) is 0 Å². The van der Waals surface area contributed by atoms with E-state index in [0.717, 1.165) is 29.8 Å². The maximum absolute atomic E-state index is 5.85. The largest absolute Gasteiger partial charge is 0.458 e. The lowest BCUT2D eigenvalue weighted by atomic mass is 10.2. The van der Waals surface area contributed by atoms with Crippen molar-refractivity contribution in [2.45, 2.75) is 18.9 Å². The molecule has 3 nitrogen and oxygen atoms in total. The molecular formula is C11H11ClN2O. The molecule has 0 unspecified atom stereocenters. The molecule has 0 aromatic carbocycles. The van der Waals surface area contributed by atoms with Gasteiger partial charge in [0.15, 0.2) is 5.58 Å². The summed E-state index contributed by atoms with van der Waals surface area (Å²) >= 11 is 5.85. The average Bonchev–Trinajstić information content (AvgIpc) is 2.84. The van der Waals surface area contributed by atoms with E-state index in [1.165, 1.54) is 6.42 Å². The molecule has 0 bridgehead atoms. The molecule has 0 spiro atoms. The monoisotopic (exact) mass is 222 g/mol. The molecule has 0 aliphatic carbocycles. The average molecular weight is 223 g/mol. The smallest absolute Gasteiger partial charge is 0.154 e. The standard InChI is InChI=1S/C11H11ClN2O/c12-7-4-10-9(14-6-7)5-11(15-10)8-2-1-3-13-8/h4-6,8,13H,1-3H2/t8-/m0/s1. The molecule has 78 valence electrons. The maximum atomic E-state index is 5.85. The molecular weight excluding hydrogens is 212 g/mol. The van der Waals surface area contributed by atoms with Crippen LogP contribution in [0.4, 0.5) is 0 Å². The van der Waals surface area contributed by atoms with E-state index in [-0.39, 0.29) is 0 Å². The first-order valence-electron chi connectivity index (χ1n) is 5.11. The Bertz CT molecular complexity index is 488.